The van der Waals surface area contributed by atoms with E-state index < -0.39 is 0 Å². The number of hydrogen-bond acceptors (Lipinski definition) is 5. The molecule has 0 bridgehead atoms. The lowest BCUT2D eigenvalue weighted by Crippen LogP contribution is -2.25. The molecule has 0 saturated carbocycles. The largest absolute Gasteiger partial charge is 0.320 e. The van der Waals surface area contributed by atoms with Crippen molar-refractivity contribution >= 4 is 22.9 Å². The number of aromatic nitrogens is 2. The third kappa shape index (κ3) is 5.93. The fourth-order valence-corrected chi connectivity index (χ4v) is 3.94. The molecule has 0 aliphatic heterocycles. The van der Waals surface area contributed by atoms with Crippen molar-refractivity contribution in [3.8, 4) is 0 Å². The van der Waals surface area contributed by atoms with Gasteiger partial charge in [-0.15, -0.1) is 10.2 Å². The van der Waals surface area contributed by atoms with Crippen molar-refractivity contribution in [3.05, 3.63) is 75.5 Å². The fraction of sp³-hybridized carbons (Fsp3) is 0.348. The van der Waals surface area contributed by atoms with Crippen molar-refractivity contribution < 1.29 is 9.18 Å². The van der Waals surface area contributed by atoms with Crippen molar-refractivity contribution in [2.45, 2.75) is 46.2 Å². The molecule has 0 saturated heterocycles. The minimum absolute atomic E-state index is 0.182. The topological polar surface area (TPSA) is 66.9 Å². The molecule has 2 N–H and O–H groups in total. The van der Waals surface area contributed by atoms with E-state index in [4.69, 9.17) is 0 Å². The molecule has 30 heavy (non-hydrogen) atoms. The average molecular weight is 427 g/mol. The van der Waals surface area contributed by atoms with Gasteiger partial charge in [0.15, 0.2) is 0 Å². The van der Waals surface area contributed by atoms with Gasteiger partial charge in [0.2, 0.25) is 5.01 Å². The molecule has 1 unspecified atom stereocenters. The quantitative estimate of drug-likeness (QED) is 0.483. The predicted octanol–water partition coefficient (Wildman–Crippen LogP) is 5.37. The van der Waals surface area contributed by atoms with Crippen LogP contribution >= 0.6 is 11.3 Å². The highest BCUT2D eigenvalue weighted by atomic mass is 32.1. The van der Waals surface area contributed by atoms with E-state index in [1.807, 2.05) is 0 Å². The van der Waals surface area contributed by atoms with E-state index in [9.17, 15) is 9.18 Å². The summed E-state index contributed by atoms with van der Waals surface area (Å²) < 4.78 is 13.0. The first-order chi connectivity index (χ1) is 14.5. The molecule has 5 nitrogen and oxygen atoms in total. The lowest BCUT2D eigenvalue weighted by molar-refractivity contribution is 0.102. The molecule has 158 valence electrons. The number of nitrogens with one attached hydrogen (secondary N) is 2. The Hall–Kier alpha value is -2.64. The van der Waals surface area contributed by atoms with Gasteiger partial charge in [-0.05, 0) is 47.7 Å². The maximum atomic E-state index is 13.0. The maximum absolute atomic E-state index is 13.0. The Morgan fingerprint density at radius 3 is 2.40 bits per heavy atom. The van der Waals surface area contributed by atoms with Crippen LogP contribution in [0.1, 0.15) is 59.2 Å². The van der Waals surface area contributed by atoms with Crippen LogP contribution in [0.2, 0.25) is 0 Å². The number of carbonyl (C=O) groups is 1. The minimum Gasteiger partial charge on any atom is -0.320 e. The number of anilines is 1. The van der Waals surface area contributed by atoms with Crippen LogP contribution in [0.3, 0.4) is 0 Å². The van der Waals surface area contributed by atoms with Gasteiger partial charge in [-0.2, -0.15) is 0 Å². The summed E-state index contributed by atoms with van der Waals surface area (Å²) in [6, 6.07) is 14.6. The van der Waals surface area contributed by atoms with E-state index in [2.05, 4.69) is 65.9 Å². The summed E-state index contributed by atoms with van der Waals surface area (Å²) in [5.41, 5.74) is 3.11. The van der Waals surface area contributed by atoms with Gasteiger partial charge in [-0.1, -0.05) is 62.8 Å². The number of benzene rings is 2. The first-order valence-electron chi connectivity index (χ1n) is 10.2. The molecule has 2 aromatic carbocycles. The molecule has 0 spiro atoms. The number of halogens is 1. The standard InChI is InChI=1S/C23H27FN4OS/c1-4-5-16-6-8-17(9-7-16)21(15(2)3)25-14-20-27-28-23(30-20)22(29)26-19-12-10-18(24)11-13-19/h6-13,15,21,25H,4-5,14H2,1-3H3,(H,26,29). The Balaban J connectivity index is 1.61. The van der Waals surface area contributed by atoms with Gasteiger partial charge >= 0.3 is 0 Å². The predicted molar refractivity (Wildman–Crippen MR) is 119 cm³/mol. The molecule has 7 heteroatoms. The molecule has 1 atom stereocenters. The summed E-state index contributed by atoms with van der Waals surface area (Å²) in [5, 5.41) is 15.4. The number of rotatable bonds is 9. The van der Waals surface area contributed by atoms with Crippen molar-refractivity contribution in [2.75, 3.05) is 5.32 Å². The SMILES string of the molecule is CCCc1ccc(C(NCc2nnc(C(=O)Nc3ccc(F)cc3)s2)C(C)C)cc1. The van der Waals surface area contributed by atoms with E-state index in [1.54, 1.807) is 0 Å². The average Bonchev–Trinajstić information content (AvgIpc) is 3.20. The van der Waals surface area contributed by atoms with Crippen molar-refractivity contribution in [2.24, 2.45) is 5.92 Å². The second-order valence-electron chi connectivity index (χ2n) is 7.56. The highest BCUT2D eigenvalue weighted by Crippen LogP contribution is 2.23. The van der Waals surface area contributed by atoms with E-state index in [1.165, 1.54) is 46.7 Å². The van der Waals surface area contributed by atoms with Gasteiger partial charge in [0, 0.05) is 11.7 Å². The van der Waals surface area contributed by atoms with Crippen LogP contribution in [0.5, 0.6) is 0 Å². The summed E-state index contributed by atoms with van der Waals surface area (Å²) >= 11 is 1.25. The lowest BCUT2D eigenvalue weighted by atomic mass is 9.94. The van der Waals surface area contributed by atoms with Crippen molar-refractivity contribution in [1.82, 2.24) is 15.5 Å². The second-order valence-corrected chi connectivity index (χ2v) is 8.62. The summed E-state index contributed by atoms with van der Waals surface area (Å²) in [4.78, 5) is 12.3. The van der Waals surface area contributed by atoms with Crippen LogP contribution in [0, 0.1) is 11.7 Å². The number of carbonyl (C=O) groups excluding carboxylic acids is 1. The Kier molecular flexibility index (Phi) is 7.65. The molecule has 3 rings (SSSR count). The Bertz CT molecular complexity index is 954. The Morgan fingerprint density at radius 1 is 1.07 bits per heavy atom. The van der Waals surface area contributed by atoms with Crippen molar-refractivity contribution in [3.63, 3.8) is 0 Å². The highest BCUT2D eigenvalue weighted by Gasteiger charge is 2.18. The summed E-state index contributed by atoms with van der Waals surface area (Å²) in [7, 11) is 0. The summed E-state index contributed by atoms with van der Waals surface area (Å²) in [6.45, 7) is 7.07. The molecule has 0 aliphatic rings. The molecule has 0 radical (unpaired) electrons. The number of nitrogens with zero attached hydrogens (tertiary/aromatic N) is 2. The Morgan fingerprint density at radius 2 is 1.77 bits per heavy atom. The molecular weight excluding hydrogens is 399 g/mol. The normalized spacial score (nSPS) is 12.2. The van der Waals surface area contributed by atoms with Crippen LogP contribution in [-0.2, 0) is 13.0 Å². The molecule has 1 aromatic heterocycles. The molecule has 3 aromatic rings. The second kappa shape index (κ2) is 10.4. The molecular formula is C23H27FN4OS. The zero-order chi connectivity index (χ0) is 21.5. The van der Waals surface area contributed by atoms with Crippen LogP contribution < -0.4 is 10.6 Å². The van der Waals surface area contributed by atoms with Gasteiger partial charge < -0.3 is 10.6 Å². The first kappa shape index (κ1) is 22.1. The van der Waals surface area contributed by atoms with Crippen LogP contribution in [0.4, 0.5) is 10.1 Å². The van der Waals surface area contributed by atoms with Crippen molar-refractivity contribution in [1.29, 1.82) is 0 Å². The number of amides is 1. The number of aryl methyl sites for hydroxylation is 1. The van der Waals surface area contributed by atoms with Gasteiger partial charge in [0.25, 0.3) is 5.91 Å². The van der Waals surface area contributed by atoms with Crippen LogP contribution in [0.15, 0.2) is 48.5 Å². The third-order valence-electron chi connectivity index (χ3n) is 4.78. The van der Waals surface area contributed by atoms with Crippen LogP contribution in [0.25, 0.3) is 0 Å². The zero-order valence-corrected chi connectivity index (χ0v) is 18.3. The lowest BCUT2D eigenvalue weighted by Gasteiger charge is -2.22. The smallest absolute Gasteiger partial charge is 0.286 e. The molecule has 0 fully saturated rings. The number of hydrogen-bond donors (Lipinski definition) is 2. The van der Waals surface area contributed by atoms with Gasteiger partial charge in [-0.3, -0.25) is 4.79 Å². The monoisotopic (exact) mass is 426 g/mol. The van der Waals surface area contributed by atoms with Gasteiger partial charge in [0.1, 0.15) is 10.8 Å². The Labute approximate surface area is 180 Å². The first-order valence-corrected chi connectivity index (χ1v) is 11.0. The van der Waals surface area contributed by atoms with E-state index in [0.717, 1.165) is 17.8 Å². The zero-order valence-electron chi connectivity index (χ0n) is 17.5. The van der Waals surface area contributed by atoms with Gasteiger partial charge in [-0.25, -0.2) is 4.39 Å². The summed E-state index contributed by atoms with van der Waals surface area (Å²) in [6.07, 6.45) is 2.23. The maximum Gasteiger partial charge on any atom is 0.286 e. The van der Waals surface area contributed by atoms with Gasteiger partial charge in [0.05, 0.1) is 6.54 Å². The minimum atomic E-state index is -0.350. The third-order valence-corrected chi connectivity index (χ3v) is 5.70. The van der Waals surface area contributed by atoms with Crippen LogP contribution in [-0.4, -0.2) is 16.1 Å². The molecule has 0 aliphatic carbocycles. The van der Waals surface area contributed by atoms with E-state index >= 15 is 0 Å². The summed E-state index contributed by atoms with van der Waals surface area (Å²) in [5.74, 6) is -0.301. The van der Waals surface area contributed by atoms with E-state index in [0.29, 0.717) is 18.2 Å². The molecule has 1 heterocycles. The molecule has 1 amide bonds. The van der Waals surface area contributed by atoms with E-state index in [-0.39, 0.29) is 22.8 Å². The highest BCUT2D eigenvalue weighted by molar-refractivity contribution is 7.13. The fourth-order valence-electron chi connectivity index (χ4n) is 3.25.